The molecule has 0 spiro atoms. The van der Waals surface area contributed by atoms with Crippen molar-refractivity contribution in [3.63, 3.8) is 0 Å². The number of hydrogen-bond donors (Lipinski definition) is 1. The van der Waals surface area contributed by atoms with Gasteiger partial charge in [0.2, 0.25) is 10.0 Å². The lowest BCUT2D eigenvalue weighted by Gasteiger charge is -2.10. The Balaban J connectivity index is 2.88. The molecule has 16 heavy (non-hydrogen) atoms. The SMILES string of the molecule is CC(C)CS(=O)(=O)Nc1ccc(F)cc1F. The maximum atomic E-state index is 13.2. The molecule has 0 aliphatic carbocycles. The van der Waals surface area contributed by atoms with Crippen molar-refractivity contribution in [3.05, 3.63) is 29.8 Å². The van der Waals surface area contributed by atoms with Crippen LogP contribution in [0.4, 0.5) is 14.5 Å². The molecule has 0 unspecified atom stereocenters. The molecule has 0 aliphatic heterocycles. The molecule has 0 heterocycles. The molecule has 0 aromatic heterocycles. The number of benzene rings is 1. The van der Waals surface area contributed by atoms with E-state index in [-0.39, 0.29) is 17.4 Å². The third kappa shape index (κ3) is 3.77. The van der Waals surface area contributed by atoms with Gasteiger partial charge in [-0.2, -0.15) is 0 Å². The van der Waals surface area contributed by atoms with Gasteiger partial charge in [-0.3, -0.25) is 4.72 Å². The van der Waals surface area contributed by atoms with Crippen LogP contribution in [0, 0.1) is 17.6 Å². The fourth-order valence-corrected chi connectivity index (χ4v) is 2.68. The van der Waals surface area contributed by atoms with Gasteiger partial charge >= 0.3 is 0 Å². The second-order valence-electron chi connectivity index (χ2n) is 3.90. The fraction of sp³-hybridized carbons (Fsp3) is 0.400. The monoisotopic (exact) mass is 249 g/mol. The van der Waals surface area contributed by atoms with Gasteiger partial charge in [-0.25, -0.2) is 17.2 Å². The molecule has 0 fully saturated rings. The third-order valence-electron chi connectivity index (χ3n) is 1.75. The predicted octanol–water partition coefficient (Wildman–Crippen LogP) is 2.36. The van der Waals surface area contributed by atoms with Gasteiger partial charge in [0.15, 0.2) is 0 Å². The lowest BCUT2D eigenvalue weighted by atomic mass is 10.3. The minimum atomic E-state index is -3.58. The summed E-state index contributed by atoms with van der Waals surface area (Å²) >= 11 is 0. The minimum Gasteiger partial charge on any atom is -0.281 e. The maximum absolute atomic E-state index is 13.2. The van der Waals surface area contributed by atoms with Crippen molar-refractivity contribution in [1.29, 1.82) is 0 Å². The highest BCUT2D eigenvalue weighted by Crippen LogP contribution is 2.17. The van der Waals surface area contributed by atoms with Crippen LogP contribution in [0.15, 0.2) is 18.2 Å². The lowest BCUT2D eigenvalue weighted by molar-refractivity contribution is 0.578. The summed E-state index contributed by atoms with van der Waals surface area (Å²) in [6.45, 7) is 3.47. The molecule has 6 heteroatoms. The first kappa shape index (κ1) is 12.9. The largest absolute Gasteiger partial charge is 0.281 e. The van der Waals surface area contributed by atoms with Crippen LogP contribution in [-0.2, 0) is 10.0 Å². The van der Waals surface area contributed by atoms with Crippen molar-refractivity contribution in [1.82, 2.24) is 0 Å². The van der Waals surface area contributed by atoms with Crippen molar-refractivity contribution < 1.29 is 17.2 Å². The van der Waals surface area contributed by atoms with E-state index in [1.165, 1.54) is 0 Å². The van der Waals surface area contributed by atoms with Crippen molar-refractivity contribution in [2.75, 3.05) is 10.5 Å². The second-order valence-corrected chi connectivity index (χ2v) is 5.67. The van der Waals surface area contributed by atoms with E-state index in [1.807, 2.05) is 0 Å². The molecule has 1 aromatic carbocycles. The standard InChI is InChI=1S/C10H13F2NO2S/c1-7(2)6-16(14,15)13-10-4-3-8(11)5-9(10)12/h3-5,7,13H,6H2,1-2H3. The van der Waals surface area contributed by atoms with Crippen LogP contribution in [0.5, 0.6) is 0 Å². The zero-order chi connectivity index (χ0) is 12.3. The van der Waals surface area contributed by atoms with E-state index < -0.39 is 21.7 Å². The van der Waals surface area contributed by atoms with Gasteiger partial charge in [-0.15, -0.1) is 0 Å². The molecule has 0 saturated carbocycles. The van der Waals surface area contributed by atoms with Crippen LogP contribution in [-0.4, -0.2) is 14.2 Å². The Kier molecular flexibility index (Phi) is 3.85. The first-order valence-electron chi connectivity index (χ1n) is 4.76. The van der Waals surface area contributed by atoms with Gasteiger partial charge in [0, 0.05) is 6.07 Å². The van der Waals surface area contributed by atoms with E-state index in [0.29, 0.717) is 6.07 Å². The van der Waals surface area contributed by atoms with E-state index in [0.717, 1.165) is 12.1 Å². The van der Waals surface area contributed by atoms with Crippen molar-refractivity contribution in [2.24, 2.45) is 5.92 Å². The summed E-state index contributed by atoms with van der Waals surface area (Å²) in [5, 5.41) is 0. The third-order valence-corrected chi connectivity index (χ3v) is 3.39. The molecule has 0 saturated heterocycles. The van der Waals surface area contributed by atoms with E-state index in [1.54, 1.807) is 13.8 Å². The highest BCUT2D eigenvalue weighted by molar-refractivity contribution is 7.92. The van der Waals surface area contributed by atoms with E-state index in [2.05, 4.69) is 4.72 Å². The lowest BCUT2D eigenvalue weighted by Crippen LogP contribution is -2.20. The first-order chi connectivity index (χ1) is 7.30. The van der Waals surface area contributed by atoms with E-state index in [9.17, 15) is 17.2 Å². The molecule has 90 valence electrons. The average molecular weight is 249 g/mol. The van der Waals surface area contributed by atoms with Crippen molar-refractivity contribution >= 4 is 15.7 Å². The summed E-state index contributed by atoms with van der Waals surface area (Å²) < 4.78 is 50.8. The van der Waals surface area contributed by atoms with Crippen LogP contribution < -0.4 is 4.72 Å². The average Bonchev–Trinajstić information content (AvgIpc) is 2.07. The van der Waals surface area contributed by atoms with Gasteiger partial charge in [0.1, 0.15) is 11.6 Å². The number of halogens is 2. The van der Waals surface area contributed by atoms with Crippen molar-refractivity contribution in [3.8, 4) is 0 Å². The summed E-state index contributed by atoms with van der Waals surface area (Å²) in [4.78, 5) is 0. The Morgan fingerprint density at radius 2 is 1.94 bits per heavy atom. The number of rotatable bonds is 4. The molecule has 3 nitrogen and oxygen atoms in total. The molecular formula is C10H13F2NO2S. The molecule has 0 amide bonds. The summed E-state index contributed by atoms with van der Waals surface area (Å²) in [6.07, 6.45) is 0. The van der Waals surface area contributed by atoms with E-state index >= 15 is 0 Å². The highest BCUT2D eigenvalue weighted by Gasteiger charge is 2.15. The van der Waals surface area contributed by atoms with Gasteiger partial charge in [0.05, 0.1) is 11.4 Å². The summed E-state index contributed by atoms with van der Waals surface area (Å²) in [5.41, 5.74) is -0.234. The summed E-state index contributed by atoms with van der Waals surface area (Å²) in [7, 11) is -3.58. The zero-order valence-electron chi connectivity index (χ0n) is 9.00. The molecule has 1 rings (SSSR count). The minimum absolute atomic E-state index is 0.0685. The Hall–Kier alpha value is -1.17. The Morgan fingerprint density at radius 1 is 1.31 bits per heavy atom. The molecule has 0 radical (unpaired) electrons. The van der Waals surface area contributed by atoms with E-state index in [4.69, 9.17) is 0 Å². The number of hydrogen-bond acceptors (Lipinski definition) is 2. The quantitative estimate of drug-likeness (QED) is 0.890. The molecule has 0 aliphatic rings. The van der Waals surface area contributed by atoms with Crippen LogP contribution in [0.2, 0.25) is 0 Å². The Bertz CT molecular complexity index is 472. The van der Waals surface area contributed by atoms with Crippen LogP contribution in [0.1, 0.15) is 13.8 Å². The number of anilines is 1. The van der Waals surface area contributed by atoms with Crippen LogP contribution in [0.25, 0.3) is 0 Å². The number of nitrogens with one attached hydrogen (secondary N) is 1. The van der Waals surface area contributed by atoms with Gasteiger partial charge in [-0.05, 0) is 18.1 Å². The Labute approximate surface area is 93.5 Å². The Morgan fingerprint density at radius 3 is 2.44 bits per heavy atom. The molecule has 0 bridgehead atoms. The topological polar surface area (TPSA) is 46.2 Å². The zero-order valence-corrected chi connectivity index (χ0v) is 9.81. The maximum Gasteiger partial charge on any atom is 0.233 e. The number of sulfonamides is 1. The summed E-state index contributed by atoms with van der Waals surface area (Å²) in [5.74, 6) is -1.85. The second kappa shape index (κ2) is 4.78. The molecule has 1 N–H and O–H groups in total. The van der Waals surface area contributed by atoms with Gasteiger partial charge in [-0.1, -0.05) is 13.8 Å². The smallest absolute Gasteiger partial charge is 0.233 e. The van der Waals surface area contributed by atoms with Crippen molar-refractivity contribution in [2.45, 2.75) is 13.8 Å². The van der Waals surface area contributed by atoms with Gasteiger partial charge < -0.3 is 0 Å². The van der Waals surface area contributed by atoms with Gasteiger partial charge in [0.25, 0.3) is 0 Å². The molecule has 1 aromatic rings. The fourth-order valence-electron chi connectivity index (χ4n) is 1.22. The molecular weight excluding hydrogens is 236 g/mol. The predicted molar refractivity (Wildman–Crippen MR) is 58.6 cm³/mol. The van der Waals surface area contributed by atoms with Crippen LogP contribution in [0.3, 0.4) is 0 Å². The summed E-state index contributed by atoms with van der Waals surface area (Å²) in [6, 6.07) is 2.69. The first-order valence-corrected chi connectivity index (χ1v) is 6.41. The molecule has 0 atom stereocenters. The normalized spacial score (nSPS) is 11.8. The highest BCUT2D eigenvalue weighted by atomic mass is 32.2. The van der Waals surface area contributed by atoms with Crippen LogP contribution >= 0.6 is 0 Å².